The molecule has 0 unspecified atom stereocenters. The van der Waals surface area contributed by atoms with Crippen LogP contribution in [0.5, 0.6) is 17.2 Å². The number of hydrogen-bond donors (Lipinski definition) is 1. The molecule has 5 rings (SSSR count). The monoisotopic (exact) mass is 576 g/mol. The number of amides is 1. The van der Waals surface area contributed by atoms with Crippen LogP contribution in [0.3, 0.4) is 0 Å². The normalized spacial score (nSPS) is 13.9. The Morgan fingerprint density at radius 1 is 0.857 bits per heavy atom. The van der Waals surface area contributed by atoms with E-state index in [1.807, 2.05) is 43.3 Å². The summed E-state index contributed by atoms with van der Waals surface area (Å²) in [6.45, 7) is 3.56. The van der Waals surface area contributed by atoms with E-state index in [-0.39, 0.29) is 17.8 Å². The van der Waals surface area contributed by atoms with Crippen molar-refractivity contribution in [2.24, 2.45) is 0 Å². The Morgan fingerprint density at radius 3 is 2.26 bits per heavy atom. The van der Waals surface area contributed by atoms with Gasteiger partial charge in [0.15, 0.2) is 0 Å². The predicted octanol–water partition coefficient (Wildman–Crippen LogP) is 7.87. The second kappa shape index (κ2) is 12.5. The fourth-order valence-electron chi connectivity index (χ4n) is 5.14. The first-order valence-corrected chi connectivity index (χ1v) is 13.6. The minimum atomic E-state index is -4.78. The number of piperidine rings is 1. The van der Waals surface area contributed by atoms with Gasteiger partial charge in [0.1, 0.15) is 23.4 Å². The molecule has 1 aliphatic rings. The minimum absolute atomic E-state index is 0.0467. The Hall–Kier alpha value is -4.66. The molecule has 1 heterocycles. The smallest absolute Gasteiger partial charge is 0.497 e. The first kappa shape index (κ1) is 28.9. The highest BCUT2D eigenvalue weighted by Gasteiger charge is 2.31. The first-order chi connectivity index (χ1) is 20.2. The Bertz CT molecular complexity index is 1530. The fourth-order valence-corrected chi connectivity index (χ4v) is 5.14. The van der Waals surface area contributed by atoms with Gasteiger partial charge in [-0.25, -0.2) is 0 Å². The number of anilines is 2. The number of ether oxygens (including phenoxy) is 3. The van der Waals surface area contributed by atoms with Crippen LogP contribution in [0.25, 0.3) is 11.1 Å². The van der Waals surface area contributed by atoms with Gasteiger partial charge < -0.3 is 24.4 Å². The first-order valence-electron chi connectivity index (χ1n) is 13.6. The molecule has 0 atom stereocenters. The van der Waals surface area contributed by atoms with Crippen LogP contribution >= 0.6 is 0 Å². The Kier molecular flexibility index (Phi) is 8.56. The van der Waals surface area contributed by atoms with Crippen LogP contribution in [0.4, 0.5) is 24.5 Å². The number of nitrogens with one attached hydrogen (secondary N) is 1. The second-order valence-electron chi connectivity index (χ2n) is 10.1. The Morgan fingerprint density at radius 2 is 1.55 bits per heavy atom. The van der Waals surface area contributed by atoms with Crippen molar-refractivity contribution in [3.63, 3.8) is 0 Å². The average molecular weight is 577 g/mol. The van der Waals surface area contributed by atoms with E-state index in [0.717, 1.165) is 42.9 Å². The minimum Gasteiger partial charge on any atom is -0.497 e. The van der Waals surface area contributed by atoms with E-state index in [9.17, 15) is 18.0 Å². The summed E-state index contributed by atoms with van der Waals surface area (Å²) in [4.78, 5) is 15.7. The Balaban J connectivity index is 1.24. The summed E-state index contributed by atoms with van der Waals surface area (Å²) >= 11 is 0. The molecular weight excluding hydrogens is 545 g/mol. The topological polar surface area (TPSA) is 60.0 Å². The van der Waals surface area contributed by atoms with Crippen LogP contribution < -0.4 is 24.4 Å². The van der Waals surface area contributed by atoms with Gasteiger partial charge in [0, 0.05) is 55.0 Å². The van der Waals surface area contributed by atoms with Crippen LogP contribution in [0.15, 0.2) is 91.0 Å². The molecule has 6 nitrogen and oxygen atoms in total. The van der Waals surface area contributed by atoms with Crippen molar-refractivity contribution in [2.45, 2.75) is 32.2 Å². The summed E-state index contributed by atoms with van der Waals surface area (Å²) in [6, 6.07) is 26.1. The highest BCUT2D eigenvalue weighted by atomic mass is 19.4. The molecule has 0 radical (unpaired) electrons. The van der Waals surface area contributed by atoms with Crippen molar-refractivity contribution in [3.05, 3.63) is 102 Å². The largest absolute Gasteiger partial charge is 0.573 e. The predicted molar refractivity (Wildman–Crippen MR) is 157 cm³/mol. The molecule has 1 saturated heterocycles. The van der Waals surface area contributed by atoms with Gasteiger partial charge in [-0.1, -0.05) is 36.4 Å². The lowest BCUT2D eigenvalue weighted by molar-refractivity contribution is -0.274. The highest BCUT2D eigenvalue weighted by molar-refractivity contribution is 6.09. The maximum Gasteiger partial charge on any atom is 0.573 e. The van der Waals surface area contributed by atoms with E-state index < -0.39 is 6.36 Å². The van der Waals surface area contributed by atoms with Crippen molar-refractivity contribution >= 4 is 17.3 Å². The van der Waals surface area contributed by atoms with E-state index in [4.69, 9.17) is 9.47 Å². The molecule has 0 aliphatic carbocycles. The van der Waals surface area contributed by atoms with Crippen molar-refractivity contribution in [1.29, 1.82) is 0 Å². The van der Waals surface area contributed by atoms with Crippen molar-refractivity contribution in [1.82, 2.24) is 0 Å². The van der Waals surface area contributed by atoms with Gasteiger partial charge in [-0.05, 0) is 66.1 Å². The lowest BCUT2D eigenvalue weighted by Gasteiger charge is -2.34. The van der Waals surface area contributed by atoms with Gasteiger partial charge in [-0.3, -0.25) is 4.79 Å². The summed E-state index contributed by atoms with van der Waals surface area (Å²) in [5.74, 6) is 0.829. The number of carbonyl (C=O) groups is 1. The molecule has 1 N–H and O–H groups in total. The van der Waals surface area contributed by atoms with Crippen LogP contribution in [-0.4, -0.2) is 38.6 Å². The zero-order chi connectivity index (χ0) is 29.7. The van der Waals surface area contributed by atoms with E-state index >= 15 is 0 Å². The van der Waals surface area contributed by atoms with Gasteiger partial charge in [0.2, 0.25) is 0 Å². The third kappa shape index (κ3) is 7.15. The molecule has 218 valence electrons. The van der Waals surface area contributed by atoms with E-state index in [2.05, 4.69) is 21.0 Å². The van der Waals surface area contributed by atoms with Gasteiger partial charge in [-0.15, -0.1) is 13.2 Å². The summed E-state index contributed by atoms with van der Waals surface area (Å²) in [5.41, 5.74) is 4.14. The number of alkyl halides is 3. The number of rotatable bonds is 8. The number of benzene rings is 4. The molecule has 1 amide bonds. The maximum atomic E-state index is 13.4. The number of nitrogens with zero attached hydrogens (tertiary/aromatic N) is 1. The average Bonchev–Trinajstić information content (AvgIpc) is 2.97. The molecule has 0 spiro atoms. The van der Waals surface area contributed by atoms with Crippen LogP contribution in [0.2, 0.25) is 0 Å². The fraction of sp³-hybridized carbons (Fsp3) is 0.242. The molecule has 0 bridgehead atoms. The summed E-state index contributed by atoms with van der Waals surface area (Å²) in [5, 5.41) is 2.94. The zero-order valence-corrected chi connectivity index (χ0v) is 23.3. The summed E-state index contributed by atoms with van der Waals surface area (Å²) in [7, 11) is 1.66. The van der Waals surface area contributed by atoms with E-state index in [1.165, 1.54) is 24.3 Å². The molecule has 4 aromatic carbocycles. The standard InChI is InChI=1S/C33H31F3N2O4/c1-22-6-3-11-30(31(22)23-12-14-27(15-13-23)42-33(34,35)36)32(39)37-24-7-4-10-29(20-24)41-26-16-18-38(19-17-26)25-8-5-9-28(21-25)40-2/h3-15,20-21,26H,16-19H2,1-2H3,(H,37,39). The van der Waals surface area contributed by atoms with Crippen molar-refractivity contribution in [3.8, 4) is 28.4 Å². The molecule has 1 fully saturated rings. The van der Waals surface area contributed by atoms with Crippen LogP contribution in [0.1, 0.15) is 28.8 Å². The quantitative estimate of drug-likeness (QED) is 0.231. The third-order valence-corrected chi connectivity index (χ3v) is 7.15. The molecule has 9 heteroatoms. The SMILES string of the molecule is COc1cccc(N2CCC(Oc3cccc(NC(=O)c4cccc(C)c4-c4ccc(OC(F)(F)F)cc4)c3)CC2)c1. The second-order valence-corrected chi connectivity index (χ2v) is 10.1. The molecule has 0 saturated carbocycles. The number of carbonyl (C=O) groups excluding carboxylic acids is 1. The van der Waals surface area contributed by atoms with Gasteiger partial charge in [0.05, 0.1) is 7.11 Å². The van der Waals surface area contributed by atoms with Crippen molar-refractivity contribution < 1.29 is 32.2 Å². The number of halogens is 3. The third-order valence-electron chi connectivity index (χ3n) is 7.15. The van der Waals surface area contributed by atoms with E-state index in [1.54, 1.807) is 31.4 Å². The highest BCUT2D eigenvalue weighted by Crippen LogP contribution is 2.32. The van der Waals surface area contributed by atoms with Crippen LogP contribution in [0, 0.1) is 6.92 Å². The summed E-state index contributed by atoms with van der Waals surface area (Å²) < 4.78 is 53.3. The van der Waals surface area contributed by atoms with Crippen molar-refractivity contribution in [2.75, 3.05) is 30.4 Å². The number of hydrogen-bond acceptors (Lipinski definition) is 5. The lowest BCUT2D eigenvalue weighted by atomic mass is 9.94. The molecule has 0 aromatic heterocycles. The molecule has 42 heavy (non-hydrogen) atoms. The lowest BCUT2D eigenvalue weighted by Crippen LogP contribution is -2.38. The van der Waals surface area contributed by atoms with Gasteiger partial charge in [-0.2, -0.15) is 0 Å². The maximum absolute atomic E-state index is 13.4. The molecule has 4 aromatic rings. The number of aryl methyl sites for hydroxylation is 1. The van der Waals surface area contributed by atoms with Gasteiger partial charge >= 0.3 is 6.36 Å². The summed E-state index contributed by atoms with van der Waals surface area (Å²) in [6.07, 6.45) is -3.02. The molecular formula is C33H31F3N2O4. The zero-order valence-electron chi connectivity index (χ0n) is 23.3. The van der Waals surface area contributed by atoms with Crippen LogP contribution in [-0.2, 0) is 0 Å². The molecule has 1 aliphatic heterocycles. The van der Waals surface area contributed by atoms with E-state index in [0.29, 0.717) is 28.1 Å². The number of methoxy groups -OCH3 is 1. The Labute approximate surface area is 242 Å². The van der Waals surface area contributed by atoms with Gasteiger partial charge in [0.25, 0.3) is 5.91 Å².